The van der Waals surface area contributed by atoms with Crippen molar-refractivity contribution in [3.8, 4) is 5.75 Å². The van der Waals surface area contributed by atoms with Crippen LogP contribution in [-0.2, 0) is 11.3 Å². The smallest absolute Gasteiger partial charge is 0.335 e. The van der Waals surface area contributed by atoms with Gasteiger partial charge in [-0.3, -0.25) is 4.79 Å². The fourth-order valence-corrected chi connectivity index (χ4v) is 1.10. The van der Waals surface area contributed by atoms with Gasteiger partial charge in [0.1, 0.15) is 5.75 Å². The first-order valence-corrected chi connectivity index (χ1v) is 4.02. The molecule has 0 amide bonds. The highest BCUT2D eigenvalue weighted by atomic mass is 16.5. The summed E-state index contributed by atoms with van der Waals surface area (Å²) in [6.07, 6.45) is 0. The average molecular weight is 211 g/mol. The highest BCUT2D eigenvalue weighted by Gasteiger charge is 2.07. The third-order valence-electron chi connectivity index (χ3n) is 1.68. The van der Waals surface area contributed by atoms with Gasteiger partial charge in [-0.2, -0.15) is 0 Å². The Labute approximate surface area is 85.1 Å². The number of hydrogen-bond donors (Lipinski definition) is 3. The summed E-state index contributed by atoms with van der Waals surface area (Å²) in [5, 5.41) is 17.2. The van der Waals surface area contributed by atoms with Crippen LogP contribution >= 0.6 is 0 Å². The Morgan fingerprint density at radius 3 is 2.73 bits per heavy atom. The Morgan fingerprint density at radius 2 is 2.20 bits per heavy atom. The summed E-state index contributed by atoms with van der Waals surface area (Å²) in [6, 6.07) is 4.03. The zero-order valence-electron chi connectivity index (χ0n) is 7.64. The number of aromatic carboxylic acids is 1. The van der Waals surface area contributed by atoms with E-state index in [9.17, 15) is 9.59 Å². The van der Waals surface area contributed by atoms with Gasteiger partial charge in [-0.1, -0.05) is 0 Å². The van der Waals surface area contributed by atoms with Crippen LogP contribution < -0.4 is 10.2 Å². The van der Waals surface area contributed by atoms with Gasteiger partial charge >= 0.3 is 5.97 Å². The lowest BCUT2D eigenvalue weighted by Gasteiger charge is -2.04. The normalized spacial score (nSPS) is 9.67. The van der Waals surface area contributed by atoms with Gasteiger partial charge in [0.05, 0.1) is 5.56 Å². The van der Waals surface area contributed by atoms with Gasteiger partial charge in [0.25, 0.3) is 6.47 Å². The lowest BCUT2D eigenvalue weighted by Crippen LogP contribution is -2.08. The largest absolute Gasteiger partial charge is 0.478 e. The molecule has 6 nitrogen and oxygen atoms in total. The molecular formula is C9H9NO5. The van der Waals surface area contributed by atoms with Crippen LogP contribution in [0.3, 0.4) is 0 Å². The van der Waals surface area contributed by atoms with Crippen molar-refractivity contribution in [3.63, 3.8) is 0 Å². The Hall–Kier alpha value is -1.92. The molecule has 0 radical (unpaired) electrons. The number of carboxylic acid groups (broad SMARTS) is 1. The number of carbonyl (C=O) groups excluding carboxylic acids is 1. The van der Waals surface area contributed by atoms with Gasteiger partial charge in [0.15, 0.2) is 0 Å². The summed E-state index contributed by atoms with van der Waals surface area (Å²) >= 11 is 0. The highest BCUT2D eigenvalue weighted by molar-refractivity contribution is 5.88. The van der Waals surface area contributed by atoms with Crippen LogP contribution in [0.5, 0.6) is 5.75 Å². The number of rotatable bonds is 5. The summed E-state index contributed by atoms with van der Waals surface area (Å²) < 4.78 is 4.53. The first kappa shape index (κ1) is 11.2. The van der Waals surface area contributed by atoms with Gasteiger partial charge in [0, 0.05) is 6.54 Å². The van der Waals surface area contributed by atoms with Crippen molar-refractivity contribution in [2.75, 3.05) is 0 Å². The number of carboxylic acids is 1. The first-order valence-electron chi connectivity index (χ1n) is 4.02. The molecule has 1 aromatic rings. The summed E-state index contributed by atoms with van der Waals surface area (Å²) in [7, 11) is 0. The molecule has 1 aromatic carbocycles. The van der Waals surface area contributed by atoms with Crippen molar-refractivity contribution >= 4 is 12.4 Å². The fourth-order valence-electron chi connectivity index (χ4n) is 1.10. The molecule has 0 aliphatic carbocycles. The molecule has 0 aromatic heterocycles. The third kappa shape index (κ3) is 3.04. The summed E-state index contributed by atoms with van der Waals surface area (Å²) in [6.45, 7) is 0.271. The van der Waals surface area contributed by atoms with Crippen LogP contribution in [0.4, 0.5) is 0 Å². The molecule has 0 heterocycles. The zero-order valence-corrected chi connectivity index (χ0v) is 7.64. The standard InChI is InChI=1S/C9H9NO5/c11-5-15-8-2-6(4-10-14)1-7(3-8)9(12)13/h1-3,5,10,14H,4H2,(H,12,13). The number of hydroxylamine groups is 1. The van der Waals surface area contributed by atoms with Crippen molar-refractivity contribution in [2.45, 2.75) is 6.54 Å². The fraction of sp³-hybridized carbons (Fsp3) is 0.111. The summed E-state index contributed by atoms with van der Waals surface area (Å²) in [5.41, 5.74) is 2.36. The zero-order chi connectivity index (χ0) is 11.3. The number of nitrogens with one attached hydrogen (secondary N) is 1. The summed E-state index contributed by atoms with van der Waals surface area (Å²) in [4.78, 5) is 20.8. The molecule has 6 heteroatoms. The molecule has 15 heavy (non-hydrogen) atoms. The Balaban J connectivity index is 3.07. The van der Waals surface area contributed by atoms with Crippen LogP contribution in [-0.4, -0.2) is 22.8 Å². The molecule has 1 rings (SSSR count). The molecule has 0 bridgehead atoms. The van der Waals surface area contributed by atoms with Crippen molar-refractivity contribution in [1.82, 2.24) is 5.48 Å². The number of carbonyl (C=O) groups is 2. The van der Waals surface area contributed by atoms with E-state index in [1.54, 1.807) is 0 Å². The van der Waals surface area contributed by atoms with E-state index in [2.05, 4.69) is 4.74 Å². The van der Waals surface area contributed by atoms with Crippen molar-refractivity contribution < 1.29 is 24.6 Å². The lowest BCUT2D eigenvalue weighted by atomic mass is 10.1. The second-order valence-electron chi connectivity index (χ2n) is 2.72. The predicted octanol–water partition coefficient (Wildman–Crippen LogP) is 0.399. The minimum atomic E-state index is -1.13. The Bertz CT molecular complexity index is 377. The Morgan fingerprint density at radius 1 is 1.47 bits per heavy atom. The van der Waals surface area contributed by atoms with Crippen molar-refractivity contribution in [2.24, 2.45) is 0 Å². The minimum absolute atomic E-state index is 0.0143. The number of hydrogen-bond acceptors (Lipinski definition) is 5. The quantitative estimate of drug-likeness (QED) is 0.482. The van der Waals surface area contributed by atoms with E-state index in [1.807, 2.05) is 5.48 Å². The molecule has 0 fully saturated rings. The maximum Gasteiger partial charge on any atom is 0.335 e. The summed E-state index contributed by atoms with van der Waals surface area (Å²) in [5.74, 6) is -1.01. The maximum absolute atomic E-state index is 10.7. The molecule has 0 saturated carbocycles. The van der Waals surface area contributed by atoms with Crippen LogP contribution in [0.15, 0.2) is 18.2 Å². The first-order chi connectivity index (χ1) is 7.17. The monoisotopic (exact) mass is 211 g/mol. The topological polar surface area (TPSA) is 95.9 Å². The lowest BCUT2D eigenvalue weighted by molar-refractivity contribution is -0.120. The maximum atomic E-state index is 10.7. The van der Waals surface area contributed by atoms with Crippen LogP contribution in [0.2, 0.25) is 0 Å². The van der Waals surface area contributed by atoms with Crippen LogP contribution in [0.25, 0.3) is 0 Å². The van der Waals surface area contributed by atoms with Crippen molar-refractivity contribution in [1.29, 1.82) is 0 Å². The van der Waals surface area contributed by atoms with Crippen LogP contribution in [0.1, 0.15) is 15.9 Å². The molecule has 0 unspecified atom stereocenters. The van der Waals surface area contributed by atoms with E-state index in [1.165, 1.54) is 18.2 Å². The third-order valence-corrected chi connectivity index (χ3v) is 1.68. The number of ether oxygens (including phenoxy) is 1. The molecule has 80 valence electrons. The van der Waals surface area contributed by atoms with Gasteiger partial charge in [-0.15, -0.1) is 0 Å². The van der Waals surface area contributed by atoms with Gasteiger partial charge in [-0.05, 0) is 23.8 Å². The number of benzene rings is 1. The second kappa shape index (κ2) is 5.08. The van der Waals surface area contributed by atoms with Crippen molar-refractivity contribution in [3.05, 3.63) is 29.3 Å². The predicted molar refractivity (Wildman–Crippen MR) is 48.7 cm³/mol. The van der Waals surface area contributed by atoms with E-state index < -0.39 is 5.97 Å². The average Bonchev–Trinajstić information content (AvgIpc) is 2.18. The molecule has 0 saturated heterocycles. The Kier molecular flexibility index (Phi) is 3.78. The molecular weight excluding hydrogens is 202 g/mol. The molecule has 0 spiro atoms. The second-order valence-corrected chi connectivity index (χ2v) is 2.72. The van der Waals surface area contributed by atoms with E-state index in [4.69, 9.17) is 10.3 Å². The molecule has 0 aliphatic heterocycles. The van der Waals surface area contributed by atoms with E-state index >= 15 is 0 Å². The molecule has 0 atom stereocenters. The molecule has 0 aliphatic rings. The van der Waals surface area contributed by atoms with Gasteiger partial charge in [0.2, 0.25) is 0 Å². The van der Waals surface area contributed by atoms with Gasteiger partial charge < -0.3 is 15.1 Å². The van der Waals surface area contributed by atoms with E-state index in [-0.39, 0.29) is 24.3 Å². The highest BCUT2D eigenvalue weighted by Crippen LogP contribution is 2.17. The van der Waals surface area contributed by atoms with E-state index in [0.717, 1.165) is 0 Å². The SMILES string of the molecule is O=COc1cc(CNO)cc(C(=O)O)c1. The van der Waals surface area contributed by atoms with Crippen LogP contribution in [0, 0.1) is 0 Å². The van der Waals surface area contributed by atoms with Gasteiger partial charge in [-0.25, -0.2) is 10.3 Å². The minimum Gasteiger partial charge on any atom is -0.478 e. The molecule has 3 N–H and O–H groups in total. The van der Waals surface area contributed by atoms with E-state index in [0.29, 0.717) is 5.56 Å².